The van der Waals surface area contributed by atoms with Crippen LogP contribution in [-0.2, 0) is 0 Å². The fraction of sp³-hybridized carbons (Fsp3) is 0.308. The van der Waals surface area contributed by atoms with Gasteiger partial charge in [0.05, 0.1) is 6.10 Å². The molecule has 2 rings (SSSR count). The third kappa shape index (κ3) is 4.35. The number of hydrogen-bond acceptors (Lipinski definition) is 6. The molecule has 0 fully saturated rings. The summed E-state index contributed by atoms with van der Waals surface area (Å²) >= 11 is 4.91. The molecule has 0 saturated carbocycles. The highest BCUT2D eigenvalue weighted by Crippen LogP contribution is 2.28. The number of halogens is 1. The Morgan fingerprint density at radius 2 is 2.05 bits per heavy atom. The van der Waals surface area contributed by atoms with Crippen LogP contribution < -0.4 is 10.1 Å². The molecule has 0 aliphatic heterocycles. The van der Waals surface area contributed by atoms with Crippen LogP contribution >= 0.6 is 27.7 Å². The summed E-state index contributed by atoms with van der Waals surface area (Å²) in [5.74, 6) is 0.494. The minimum absolute atomic E-state index is 0.0193. The van der Waals surface area contributed by atoms with Crippen LogP contribution in [-0.4, -0.2) is 28.1 Å². The molecule has 0 amide bonds. The first-order valence-electron chi connectivity index (χ1n) is 6.10. The van der Waals surface area contributed by atoms with E-state index < -0.39 is 0 Å². The molecule has 5 nitrogen and oxygen atoms in total. The van der Waals surface area contributed by atoms with Gasteiger partial charge in [-0.1, -0.05) is 22.0 Å². The third-order valence-electron chi connectivity index (χ3n) is 2.16. The monoisotopic (exact) mass is 354 g/mol. The van der Waals surface area contributed by atoms with Gasteiger partial charge in [-0.2, -0.15) is 15.0 Å². The molecule has 0 bridgehead atoms. The van der Waals surface area contributed by atoms with E-state index in [2.05, 4.69) is 36.2 Å². The van der Waals surface area contributed by atoms with Crippen LogP contribution in [0.5, 0.6) is 6.01 Å². The number of nitrogens with one attached hydrogen (secondary N) is 1. The number of ether oxygens (including phenoxy) is 1. The van der Waals surface area contributed by atoms with Crippen molar-refractivity contribution in [2.24, 2.45) is 0 Å². The van der Waals surface area contributed by atoms with Crippen molar-refractivity contribution in [3.8, 4) is 6.01 Å². The molecule has 7 heteroatoms. The van der Waals surface area contributed by atoms with E-state index in [1.165, 1.54) is 11.8 Å². The number of nitrogens with zero attached hydrogens (tertiary/aromatic N) is 3. The van der Waals surface area contributed by atoms with Crippen LogP contribution in [0.4, 0.5) is 5.95 Å². The minimum Gasteiger partial charge on any atom is -0.461 e. The van der Waals surface area contributed by atoms with E-state index in [4.69, 9.17) is 4.74 Å². The predicted molar refractivity (Wildman–Crippen MR) is 83.4 cm³/mol. The molecule has 0 saturated heterocycles. The van der Waals surface area contributed by atoms with Crippen molar-refractivity contribution in [3.05, 3.63) is 28.7 Å². The number of benzene rings is 1. The first-order chi connectivity index (χ1) is 9.56. The highest BCUT2D eigenvalue weighted by atomic mass is 79.9. The van der Waals surface area contributed by atoms with Crippen molar-refractivity contribution in [3.63, 3.8) is 0 Å². The summed E-state index contributed by atoms with van der Waals surface area (Å²) in [7, 11) is 1.77. The molecule has 106 valence electrons. The van der Waals surface area contributed by atoms with Crippen molar-refractivity contribution < 1.29 is 4.74 Å². The minimum atomic E-state index is 0.0193. The molecule has 1 aromatic carbocycles. The van der Waals surface area contributed by atoms with E-state index in [1.54, 1.807) is 7.05 Å². The molecule has 1 heterocycles. The summed E-state index contributed by atoms with van der Waals surface area (Å²) in [5, 5.41) is 3.51. The van der Waals surface area contributed by atoms with E-state index in [-0.39, 0.29) is 6.10 Å². The molecular weight excluding hydrogens is 340 g/mol. The Hall–Kier alpha value is -1.34. The fourth-order valence-electron chi connectivity index (χ4n) is 1.39. The molecule has 1 aromatic heterocycles. The van der Waals surface area contributed by atoms with Crippen LogP contribution in [0.2, 0.25) is 0 Å². The Balaban J connectivity index is 2.26. The van der Waals surface area contributed by atoms with Gasteiger partial charge in [0.1, 0.15) is 0 Å². The van der Waals surface area contributed by atoms with Crippen molar-refractivity contribution in [2.45, 2.75) is 30.0 Å². The molecular formula is C13H15BrN4OS. The standard InChI is InChI=1S/C13H15BrN4OS/c1-8(2)19-12-16-11(15-3)17-13(18-12)20-10-6-4-5-9(14)7-10/h4-8H,1-3H3,(H,15,16,17,18). The van der Waals surface area contributed by atoms with Gasteiger partial charge in [0.15, 0.2) is 0 Å². The first-order valence-corrected chi connectivity index (χ1v) is 7.71. The summed E-state index contributed by atoms with van der Waals surface area (Å²) in [5.41, 5.74) is 0. The summed E-state index contributed by atoms with van der Waals surface area (Å²) in [6.07, 6.45) is 0.0193. The van der Waals surface area contributed by atoms with Crippen LogP contribution in [0.25, 0.3) is 0 Å². The molecule has 2 aromatic rings. The highest BCUT2D eigenvalue weighted by Gasteiger charge is 2.09. The lowest BCUT2D eigenvalue weighted by Crippen LogP contribution is -2.10. The van der Waals surface area contributed by atoms with E-state index in [1.807, 2.05) is 38.1 Å². The maximum atomic E-state index is 5.53. The topological polar surface area (TPSA) is 59.9 Å². The SMILES string of the molecule is CNc1nc(OC(C)C)nc(Sc2cccc(Br)c2)n1. The number of rotatable bonds is 5. The molecule has 0 atom stereocenters. The highest BCUT2D eigenvalue weighted by molar-refractivity contribution is 9.10. The van der Waals surface area contributed by atoms with Gasteiger partial charge in [-0.3, -0.25) is 0 Å². The first kappa shape index (κ1) is 15.1. The van der Waals surface area contributed by atoms with E-state index in [0.717, 1.165) is 9.37 Å². The lowest BCUT2D eigenvalue weighted by molar-refractivity contribution is 0.219. The maximum Gasteiger partial charge on any atom is 0.322 e. The van der Waals surface area contributed by atoms with Gasteiger partial charge < -0.3 is 10.1 Å². The summed E-state index contributed by atoms with van der Waals surface area (Å²) < 4.78 is 6.55. The van der Waals surface area contributed by atoms with Gasteiger partial charge in [0, 0.05) is 16.4 Å². The molecule has 1 N–H and O–H groups in total. The lowest BCUT2D eigenvalue weighted by atomic mass is 10.4. The maximum absolute atomic E-state index is 5.53. The van der Waals surface area contributed by atoms with Gasteiger partial charge in [-0.05, 0) is 43.8 Å². The molecule has 0 aliphatic rings. The van der Waals surface area contributed by atoms with Crippen molar-refractivity contribution in [1.82, 2.24) is 15.0 Å². The van der Waals surface area contributed by atoms with Gasteiger partial charge in [-0.25, -0.2) is 0 Å². The third-order valence-corrected chi connectivity index (χ3v) is 3.51. The van der Waals surface area contributed by atoms with Crippen molar-refractivity contribution in [2.75, 3.05) is 12.4 Å². The molecule has 0 aliphatic carbocycles. The Bertz CT molecular complexity index is 594. The average Bonchev–Trinajstić information content (AvgIpc) is 2.37. The average molecular weight is 355 g/mol. The quantitative estimate of drug-likeness (QED) is 0.884. The van der Waals surface area contributed by atoms with Gasteiger partial charge in [-0.15, -0.1) is 0 Å². The second-order valence-corrected chi connectivity index (χ2v) is 6.16. The molecule has 0 radical (unpaired) electrons. The molecule has 0 spiro atoms. The largest absolute Gasteiger partial charge is 0.461 e. The Kier molecular flexibility index (Phi) is 5.19. The van der Waals surface area contributed by atoms with E-state index >= 15 is 0 Å². The van der Waals surface area contributed by atoms with Crippen LogP contribution in [0.1, 0.15) is 13.8 Å². The summed E-state index contributed by atoms with van der Waals surface area (Å²) in [6.45, 7) is 3.87. The van der Waals surface area contributed by atoms with E-state index in [9.17, 15) is 0 Å². The van der Waals surface area contributed by atoms with Gasteiger partial charge >= 0.3 is 6.01 Å². The summed E-state index contributed by atoms with van der Waals surface area (Å²) in [6, 6.07) is 8.29. The second kappa shape index (κ2) is 6.90. The van der Waals surface area contributed by atoms with Crippen molar-refractivity contribution in [1.29, 1.82) is 0 Å². The van der Waals surface area contributed by atoms with Gasteiger partial charge in [0.25, 0.3) is 0 Å². The zero-order chi connectivity index (χ0) is 14.5. The fourth-order valence-corrected chi connectivity index (χ4v) is 2.74. The zero-order valence-electron chi connectivity index (χ0n) is 11.4. The molecule has 0 unspecified atom stereocenters. The van der Waals surface area contributed by atoms with Crippen LogP contribution in [0, 0.1) is 0 Å². The van der Waals surface area contributed by atoms with E-state index in [0.29, 0.717) is 17.1 Å². The number of aromatic nitrogens is 3. The molecule has 20 heavy (non-hydrogen) atoms. The van der Waals surface area contributed by atoms with Gasteiger partial charge in [0.2, 0.25) is 11.1 Å². The Labute approximate surface area is 130 Å². The zero-order valence-corrected chi connectivity index (χ0v) is 13.8. The Morgan fingerprint density at radius 3 is 2.70 bits per heavy atom. The summed E-state index contributed by atoms with van der Waals surface area (Å²) in [4.78, 5) is 13.8. The Morgan fingerprint density at radius 1 is 1.25 bits per heavy atom. The normalized spacial score (nSPS) is 10.7. The number of anilines is 1. The van der Waals surface area contributed by atoms with Crippen molar-refractivity contribution >= 4 is 33.6 Å². The van der Waals surface area contributed by atoms with Crippen LogP contribution in [0.3, 0.4) is 0 Å². The number of hydrogen-bond donors (Lipinski definition) is 1. The predicted octanol–water partition coefficient (Wildman–Crippen LogP) is 3.61. The lowest BCUT2D eigenvalue weighted by Gasteiger charge is -2.10. The second-order valence-electron chi connectivity index (χ2n) is 4.20. The van der Waals surface area contributed by atoms with Crippen LogP contribution in [0.15, 0.2) is 38.8 Å². The smallest absolute Gasteiger partial charge is 0.322 e.